The van der Waals surface area contributed by atoms with E-state index in [2.05, 4.69) is 10.6 Å². The van der Waals surface area contributed by atoms with E-state index in [0.29, 0.717) is 22.2 Å². The molecule has 1 heterocycles. The van der Waals surface area contributed by atoms with Crippen LogP contribution in [0.2, 0.25) is 0 Å². The second-order valence-corrected chi connectivity index (χ2v) is 7.87. The van der Waals surface area contributed by atoms with Gasteiger partial charge in [-0.05, 0) is 35.1 Å². The van der Waals surface area contributed by atoms with Crippen molar-refractivity contribution < 1.29 is 12.8 Å². The van der Waals surface area contributed by atoms with Gasteiger partial charge in [0.15, 0.2) is 0 Å². The number of rotatable bonds is 3. The molecule has 18 heavy (non-hydrogen) atoms. The van der Waals surface area contributed by atoms with Gasteiger partial charge >= 0.3 is 0 Å². The van der Waals surface area contributed by atoms with Gasteiger partial charge in [-0.1, -0.05) is 0 Å². The van der Waals surface area contributed by atoms with Crippen LogP contribution in [0.5, 0.6) is 0 Å². The van der Waals surface area contributed by atoms with Crippen molar-refractivity contribution >= 4 is 43.8 Å². The lowest BCUT2D eigenvalue weighted by molar-refractivity contribution is 0.593. The van der Waals surface area contributed by atoms with Gasteiger partial charge < -0.3 is 10.6 Å². The van der Waals surface area contributed by atoms with Crippen LogP contribution in [0.4, 0.5) is 15.8 Å². The number of benzene rings is 1. The Labute approximate surface area is 119 Å². The van der Waals surface area contributed by atoms with E-state index in [1.165, 1.54) is 12.3 Å². The van der Waals surface area contributed by atoms with Gasteiger partial charge in [0.2, 0.25) is 0 Å². The minimum atomic E-state index is -2.96. The first kappa shape index (κ1) is 13.9. The molecule has 0 aromatic heterocycles. The Morgan fingerprint density at radius 2 is 2.17 bits per heavy atom. The molecule has 1 aromatic rings. The zero-order valence-corrected chi connectivity index (χ0v) is 12.8. The molecule has 100 valence electrons. The van der Waals surface area contributed by atoms with Crippen LogP contribution in [0.25, 0.3) is 0 Å². The molecule has 7 heteroatoms. The van der Waals surface area contributed by atoms with Crippen molar-refractivity contribution in [1.29, 1.82) is 0 Å². The Bertz CT molecular complexity index is 562. The van der Waals surface area contributed by atoms with Crippen molar-refractivity contribution in [2.45, 2.75) is 12.5 Å². The fourth-order valence-corrected chi connectivity index (χ4v) is 3.03. The van der Waals surface area contributed by atoms with E-state index in [4.69, 9.17) is 0 Å². The molecule has 1 aromatic carbocycles. The van der Waals surface area contributed by atoms with Crippen LogP contribution in [0.15, 0.2) is 12.1 Å². The van der Waals surface area contributed by atoms with Crippen LogP contribution in [0.3, 0.4) is 0 Å². The highest BCUT2D eigenvalue weighted by Gasteiger charge is 2.20. The van der Waals surface area contributed by atoms with Crippen LogP contribution < -0.4 is 10.6 Å². The molecule has 0 amide bonds. The highest BCUT2D eigenvalue weighted by atomic mass is 127. The van der Waals surface area contributed by atoms with Crippen molar-refractivity contribution in [3.8, 4) is 0 Å². The smallest absolute Gasteiger partial charge is 0.147 e. The lowest BCUT2D eigenvalue weighted by Crippen LogP contribution is -2.34. The van der Waals surface area contributed by atoms with Gasteiger partial charge in [-0.25, -0.2) is 12.8 Å². The van der Waals surface area contributed by atoms with Gasteiger partial charge in [-0.2, -0.15) is 0 Å². The SMILES string of the molecule is CS(=O)(=O)CCC1CNc2cc(I)c(F)cc2N1. The molecule has 0 saturated carbocycles. The van der Waals surface area contributed by atoms with Crippen molar-refractivity contribution in [3.05, 3.63) is 21.5 Å². The zero-order valence-electron chi connectivity index (χ0n) is 9.83. The number of halogens is 2. The molecular weight excluding hydrogens is 370 g/mol. The molecule has 1 aliphatic rings. The fourth-order valence-electron chi connectivity index (χ4n) is 1.85. The predicted molar refractivity (Wildman–Crippen MR) is 79.3 cm³/mol. The van der Waals surface area contributed by atoms with E-state index < -0.39 is 9.84 Å². The van der Waals surface area contributed by atoms with Crippen molar-refractivity contribution in [3.63, 3.8) is 0 Å². The van der Waals surface area contributed by atoms with Crippen LogP contribution in [-0.4, -0.2) is 33.0 Å². The third-order valence-corrected chi connectivity index (χ3v) is 4.60. The summed E-state index contributed by atoms with van der Waals surface area (Å²) in [5, 5.41) is 6.36. The van der Waals surface area contributed by atoms with E-state index in [1.54, 1.807) is 6.07 Å². The summed E-state index contributed by atoms with van der Waals surface area (Å²) in [6.07, 6.45) is 1.73. The molecule has 0 radical (unpaired) electrons. The second-order valence-electron chi connectivity index (χ2n) is 4.45. The van der Waals surface area contributed by atoms with Crippen molar-refractivity contribution in [2.75, 3.05) is 29.2 Å². The van der Waals surface area contributed by atoms with E-state index >= 15 is 0 Å². The predicted octanol–water partition coefficient (Wildman–Crippen LogP) is 2.07. The zero-order chi connectivity index (χ0) is 13.3. The fraction of sp³-hybridized carbons (Fsp3) is 0.455. The highest BCUT2D eigenvalue weighted by molar-refractivity contribution is 14.1. The summed E-state index contributed by atoms with van der Waals surface area (Å²) in [4.78, 5) is 0. The Kier molecular flexibility index (Phi) is 4.00. The first-order chi connectivity index (χ1) is 8.35. The number of anilines is 2. The summed E-state index contributed by atoms with van der Waals surface area (Å²) in [5.41, 5.74) is 1.55. The van der Waals surface area contributed by atoms with Gasteiger partial charge in [0.1, 0.15) is 15.7 Å². The third-order valence-electron chi connectivity index (χ3n) is 2.80. The molecular formula is C11H14FIN2O2S. The molecule has 2 N–H and O–H groups in total. The lowest BCUT2D eigenvalue weighted by Gasteiger charge is -2.28. The third kappa shape index (κ3) is 3.47. The minimum absolute atomic E-state index is 0.00619. The Morgan fingerprint density at radius 3 is 2.83 bits per heavy atom. The molecule has 4 nitrogen and oxygen atoms in total. The number of nitrogens with one attached hydrogen (secondary N) is 2. The van der Waals surface area contributed by atoms with Gasteiger partial charge in [0.25, 0.3) is 0 Å². The van der Waals surface area contributed by atoms with E-state index in [0.717, 1.165) is 5.69 Å². The second kappa shape index (κ2) is 5.20. The summed E-state index contributed by atoms with van der Waals surface area (Å²) < 4.78 is 36.2. The Morgan fingerprint density at radius 1 is 1.44 bits per heavy atom. The van der Waals surface area contributed by atoms with Gasteiger partial charge in [0.05, 0.1) is 20.7 Å². The van der Waals surface area contributed by atoms with E-state index in [-0.39, 0.29) is 17.6 Å². The maximum Gasteiger partial charge on any atom is 0.147 e. The molecule has 0 bridgehead atoms. The van der Waals surface area contributed by atoms with Crippen LogP contribution in [-0.2, 0) is 9.84 Å². The molecule has 0 fully saturated rings. The summed E-state index contributed by atoms with van der Waals surface area (Å²) in [6.45, 7) is 0.643. The Balaban J connectivity index is 2.08. The molecule has 1 atom stereocenters. The molecule has 2 rings (SSSR count). The van der Waals surface area contributed by atoms with E-state index in [9.17, 15) is 12.8 Å². The normalized spacial score (nSPS) is 18.7. The number of hydrogen-bond donors (Lipinski definition) is 2. The number of fused-ring (bicyclic) bond motifs is 1. The van der Waals surface area contributed by atoms with Gasteiger partial charge in [0, 0.05) is 24.9 Å². The quantitative estimate of drug-likeness (QED) is 0.784. The van der Waals surface area contributed by atoms with Crippen LogP contribution in [0, 0.1) is 9.39 Å². The summed E-state index contributed by atoms with van der Waals surface area (Å²) in [5.74, 6) is -0.137. The standard InChI is InChI=1S/C11H14FIN2O2S/c1-18(16,17)3-2-7-6-14-10-5-9(13)8(12)4-11(10)15-7/h4-5,7,14-15H,2-3,6H2,1H3. The first-order valence-corrected chi connectivity index (χ1v) is 8.66. The monoisotopic (exact) mass is 384 g/mol. The average molecular weight is 384 g/mol. The first-order valence-electron chi connectivity index (χ1n) is 5.52. The van der Waals surface area contributed by atoms with Crippen molar-refractivity contribution in [2.24, 2.45) is 0 Å². The van der Waals surface area contributed by atoms with Crippen molar-refractivity contribution in [1.82, 2.24) is 0 Å². The minimum Gasteiger partial charge on any atom is -0.381 e. The maximum atomic E-state index is 13.4. The van der Waals surface area contributed by atoms with Gasteiger partial charge in [-0.3, -0.25) is 0 Å². The maximum absolute atomic E-state index is 13.4. The van der Waals surface area contributed by atoms with Crippen LogP contribution in [0.1, 0.15) is 6.42 Å². The molecule has 0 aliphatic carbocycles. The summed E-state index contributed by atoms with van der Waals surface area (Å²) in [6, 6.07) is 3.19. The molecule has 0 spiro atoms. The number of hydrogen-bond acceptors (Lipinski definition) is 4. The number of sulfone groups is 1. The lowest BCUT2D eigenvalue weighted by atomic mass is 10.1. The topological polar surface area (TPSA) is 58.2 Å². The van der Waals surface area contributed by atoms with E-state index in [1.807, 2.05) is 22.6 Å². The molecule has 1 aliphatic heterocycles. The van der Waals surface area contributed by atoms with Gasteiger partial charge in [-0.15, -0.1) is 0 Å². The summed E-state index contributed by atoms with van der Waals surface area (Å²) >= 11 is 1.94. The highest BCUT2D eigenvalue weighted by Crippen LogP contribution is 2.30. The summed E-state index contributed by atoms with van der Waals surface area (Å²) in [7, 11) is -2.96. The Hall–Kier alpha value is -0.570. The van der Waals surface area contributed by atoms with Crippen LogP contribution >= 0.6 is 22.6 Å². The largest absolute Gasteiger partial charge is 0.381 e. The molecule has 0 saturated heterocycles. The molecule has 1 unspecified atom stereocenters. The average Bonchev–Trinajstić information content (AvgIpc) is 2.27.